The maximum atomic E-state index is 11.7. The lowest BCUT2D eigenvalue weighted by atomic mass is 10.1. The molecule has 1 N–H and O–H groups in total. The Balaban J connectivity index is 2.10. The molecule has 3 heteroatoms. The maximum absolute atomic E-state index is 11.7. The summed E-state index contributed by atoms with van der Waals surface area (Å²) < 4.78 is 0. The lowest BCUT2D eigenvalue weighted by Crippen LogP contribution is -1.97. The summed E-state index contributed by atoms with van der Waals surface area (Å²) in [5, 5.41) is 1.42. The molecule has 1 aliphatic rings. The predicted octanol–water partition coefficient (Wildman–Crippen LogP) is 3.62. The number of nitrogens with one attached hydrogen (secondary N) is 1. The number of carbonyl (C=O) groups is 1. The van der Waals surface area contributed by atoms with Crippen molar-refractivity contribution in [1.29, 1.82) is 0 Å². The molecule has 0 saturated heterocycles. The fraction of sp³-hybridized carbons (Fsp3) is 0.308. The minimum Gasteiger partial charge on any atom is -0.360 e. The zero-order valence-electron chi connectivity index (χ0n) is 8.79. The average Bonchev–Trinajstić information content (AvgIpc) is 3.08. The Kier molecular flexibility index (Phi) is 2.36. The molecule has 2 aromatic rings. The van der Waals surface area contributed by atoms with Crippen molar-refractivity contribution in [2.75, 3.05) is 5.33 Å². The van der Waals surface area contributed by atoms with Gasteiger partial charge in [0.15, 0.2) is 5.78 Å². The number of H-pyrrole nitrogens is 1. The topological polar surface area (TPSA) is 32.9 Å². The monoisotopic (exact) mass is 277 g/mol. The Morgan fingerprint density at radius 1 is 1.44 bits per heavy atom. The first-order chi connectivity index (χ1) is 7.79. The minimum absolute atomic E-state index is 0.130. The highest BCUT2D eigenvalue weighted by molar-refractivity contribution is 9.09. The van der Waals surface area contributed by atoms with Gasteiger partial charge in [-0.15, -0.1) is 0 Å². The SMILES string of the molecule is O=C(CBr)c1c[nH]c2cc(C3CC3)ccc12. The third-order valence-corrected chi connectivity index (χ3v) is 3.69. The largest absolute Gasteiger partial charge is 0.360 e. The van der Waals surface area contributed by atoms with Crippen molar-refractivity contribution in [3.05, 3.63) is 35.5 Å². The molecule has 2 nitrogen and oxygen atoms in total. The fourth-order valence-electron chi connectivity index (χ4n) is 2.12. The first-order valence-electron chi connectivity index (χ1n) is 5.50. The molecule has 1 aliphatic carbocycles. The molecule has 16 heavy (non-hydrogen) atoms. The zero-order valence-corrected chi connectivity index (χ0v) is 10.4. The van der Waals surface area contributed by atoms with Crippen LogP contribution in [0.15, 0.2) is 24.4 Å². The molecule has 1 heterocycles. The molecule has 1 aromatic heterocycles. The van der Waals surface area contributed by atoms with Gasteiger partial charge in [0.1, 0.15) is 0 Å². The third kappa shape index (κ3) is 1.59. The van der Waals surface area contributed by atoms with Crippen molar-refractivity contribution in [2.45, 2.75) is 18.8 Å². The Morgan fingerprint density at radius 3 is 2.94 bits per heavy atom. The summed E-state index contributed by atoms with van der Waals surface area (Å²) in [4.78, 5) is 14.8. The highest BCUT2D eigenvalue weighted by Gasteiger charge is 2.24. The Labute approximate surface area is 102 Å². The van der Waals surface area contributed by atoms with Crippen molar-refractivity contribution >= 4 is 32.6 Å². The number of aromatic nitrogens is 1. The van der Waals surface area contributed by atoms with Crippen LogP contribution >= 0.6 is 15.9 Å². The molecule has 1 aromatic carbocycles. The first-order valence-corrected chi connectivity index (χ1v) is 6.62. The van der Waals surface area contributed by atoms with Crippen molar-refractivity contribution in [2.24, 2.45) is 0 Å². The van der Waals surface area contributed by atoms with Gasteiger partial charge in [0.05, 0.1) is 5.33 Å². The maximum Gasteiger partial charge on any atom is 0.175 e. The van der Waals surface area contributed by atoms with Crippen LogP contribution in [0.1, 0.15) is 34.7 Å². The van der Waals surface area contributed by atoms with E-state index in [2.05, 4.69) is 39.1 Å². The van der Waals surface area contributed by atoms with Crippen LogP contribution in [0.25, 0.3) is 10.9 Å². The van der Waals surface area contributed by atoms with Gasteiger partial charge < -0.3 is 4.98 Å². The highest BCUT2D eigenvalue weighted by Crippen LogP contribution is 2.41. The number of rotatable bonds is 3. The van der Waals surface area contributed by atoms with Crippen molar-refractivity contribution in [3.8, 4) is 0 Å². The van der Waals surface area contributed by atoms with E-state index in [1.54, 1.807) is 0 Å². The van der Waals surface area contributed by atoms with Gasteiger partial charge in [-0.05, 0) is 30.4 Å². The lowest BCUT2D eigenvalue weighted by Gasteiger charge is -1.99. The van der Waals surface area contributed by atoms with Crippen LogP contribution < -0.4 is 0 Å². The molecular weight excluding hydrogens is 266 g/mol. The average molecular weight is 278 g/mol. The summed E-state index contributed by atoms with van der Waals surface area (Å²) in [6.45, 7) is 0. The van der Waals surface area contributed by atoms with E-state index in [1.807, 2.05) is 6.20 Å². The van der Waals surface area contributed by atoms with Crippen molar-refractivity contribution in [3.63, 3.8) is 0 Å². The molecule has 0 atom stereocenters. The van der Waals surface area contributed by atoms with Crippen LogP contribution in [0.4, 0.5) is 0 Å². The number of benzene rings is 1. The second-order valence-corrected chi connectivity index (χ2v) is 4.90. The van der Waals surface area contributed by atoms with Gasteiger partial charge in [-0.1, -0.05) is 28.1 Å². The summed E-state index contributed by atoms with van der Waals surface area (Å²) in [5.41, 5.74) is 3.26. The van der Waals surface area contributed by atoms with Gasteiger partial charge >= 0.3 is 0 Å². The summed E-state index contributed by atoms with van der Waals surface area (Å²) >= 11 is 3.21. The van der Waals surface area contributed by atoms with Crippen molar-refractivity contribution < 1.29 is 4.79 Å². The van der Waals surface area contributed by atoms with Gasteiger partial charge in [0, 0.05) is 22.7 Å². The number of halogens is 1. The molecule has 1 fully saturated rings. The Hall–Kier alpha value is -1.09. The van der Waals surface area contributed by atoms with E-state index < -0.39 is 0 Å². The molecule has 0 unspecified atom stereocenters. The first kappa shape index (κ1) is 10.1. The van der Waals surface area contributed by atoms with E-state index in [-0.39, 0.29) is 5.78 Å². The van der Waals surface area contributed by atoms with Crippen LogP contribution in [0.3, 0.4) is 0 Å². The molecule has 82 valence electrons. The van der Waals surface area contributed by atoms with Crippen LogP contribution in [-0.2, 0) is 0 Å². The van der Waals surface area contributed by atoms with Crippen LogP contribution in [0, 0.1) is 0 Å². The van der Waals surface area contributed by atoms with Gasteiger partial charge in [-0.3, -0.25) is 4.79 Å². The summed E-state index contributed by atoms with van der Waals surface area (Å²) in [7, 11) is 0. The van der Waals surface area contributed by atoms with E-state index in [9.17, 15) is 4.79 Å². The number of hydrogen-bond acceptors (Lipinski definition) is 1. The Morgan fingerprint density at radius 2 is 2.25 bits per heavy atom. The second kappa shape index (κ2) is 3.74. The van der Waals surface area contributed by atoms with Crippen molar-refractivity contribution in [1.82, 2.24) is 4.98 Å². The molecule has 3 rings (SSSR count). The minimum atomic E-state index is 0.130. The quantitative estimate of drug-likeness (QED) is 0.675. The smallest absolute Gasteiger partial charge is 0.175 e. The van der Waals surface area contributed by atoms with Gasteiger partial charge in [-0.25, -0.2) is 0 Å². The van der Waals surface area contributed by atoms with E-state index in [1.165, 1.54) is 18.4 Å². The van der Waals surface area contributed by atoms with Gasteiger partial charge in [0.25, 0.3) is 0 Å². The molecular formula is C13H12BrNO. The van der Waals surface area contributed by atoms with E-state index in [0.717, 1.165) is 22.4 Å². The van der Waals surface area contributed by atoms with E-state index in [4.69, 9.17) is 0 Å². The summed E-state index contributed by atoms with van der Waals surface area (Å²) in [6, 6.07) is 6.40. The molecule has 0 aliphatic heterocycles. The number of aromatic amines is 1. The van der Waals surface area contributed by atoms with Gasteiger partial charge in [0.2, 0.25) is 0 Å². The standard InChI is InChI=1S/C13H12BrNO/c14-6-13(16)11-7-15-12-5-9(8-1-2-8)3-4-10(11)12/h3-5,7-8,15H,1-2,6H2. The molecule has 0 spiro atoms. The highest BCUT2D eigenvalue weighted by atomic mass is 79.9. The fourth-order valence-corrected chi connectivity index (χ4v) is 2.42. The molecule has 1 saturated carbocycles. The molecule has 0 bridgehead atoms. The molecule has 0 radical (unpaired) electrons. The summed E-state index contributed by atoms with van der Waals surface area (Å²) in [6.07, 6.45) is 4.42. The normalized spacial score (nSPS) is 15.6. The predicted molar refractivity (Wildman–Crippen MR) is 68.4 cm³/mol. The summed E-state index contributed by atoms with van der Waals surface area (Å²) in [5.74, 6) is 0.883. The number of alkyl halides is 1. The number of hydrogen-bond donors (Lipinski definition) is 1. The van der Waals surface area contributed by atoms with Gasteiger partial charge in [-0.2, -0.15) is 0 Å². The van der Waals surface area contributed by atoms with Crippen LogP contribution in [-0.4, -0.2) is 16.1 Å². The van der Waals surface area contributed by atoms with E-state index >= 15 is 0 Å². The lowest BCUT2D eigenvalue weighted by molar-refractivity contribution is 0.102. The number of ketones is 1. The number of Topliss-reactive ketones (excluding diaryl/α,β-unsaturated/α-hetero) is 1. The second-order valence-electron chi connectivity index (χ2n) is 4.34. The molecule has 0 amide bonds. The van der Waals surface area contributed by atoms with Crippen LogP contribution in [0.5, 0.6) is 0 Å². The number of fused-ring (bicyclic) bond motifs is 1. The zero-order chi connectivity index (χ0) is 11.1. The Bertz CT molecular complexity index is 554. The number of carbonyl (C=O) groups excluding carboxylic acids is 1. The van der Waals surface area contributed by atoms with E-state index in [0.29, 0.717) is 5.33 Å². The third-order valence-electron chi connectivity index (χ3n) is 3.18. The van der Waals surface area contributed by atoms with Crippen LogP contribution in [0.2, 0.25) is 0 Å².